The van der Waals surface area contributed by atoms with E-state index in [0.717, 1.165) is 24.0 Å². The van der Waals surface area contributed by atoms with Gasteiger partial charge in [0, 0.05) is 22.6 Å². The van der Waals surface area contributed by atoms with Crippen molar-refractivity contribution in [2.24, 2.45) is 5.41 Å². The van der Waals surface area contributed by atoms with Gasteiger partial charge in [0.05, 0.1) is 30.0 Å². The lowest BCUT2D eigenvalue weighted by Gasteiger charge is -2.52. The molecule has 2 aromatic rings. The minimum Gasteiger partial charge on any atom is -0.481 e. The van der Waals surface area contributed by atoms with E-state index in [4.69, 9.17) is 27.9 Å². The average molecular weight is 504 g/mol. The number of nitrogens with zero attached hydrogens (tertiary/aromatic N) is 1. The van der Waals surface area contributed by atoms with Crippen molar-refractivity contribution in [1.82, 2.24) is 4.90 Å². The van der Waals surface area contributed by atoms with Crippen molar-refractivity contribution < 1.29 is 19.4 Å². The number of carboxylic acids is 1. The Morgan fingerprint density at radius 3 is 2.50 bits per heavy atom. The van der Waals surface area contributed by atoms with E-state index in [9.17, 15) is 14.7 Å². The number of likely N-dealkylation sites (tertiary alicyclic amines) is 1. The average Bonchev–Trinajstić information content (AvgIpc) is 3.32. The van der Waals surface area contributed by atoms with Crippen LogP contribution in [0.4, 0.5) is 0 Å². The third-order valence-electron chi connectivity index (χ3n) is 7.30. The summed E-state index contributed by atoms with van der Waals surface area (Å²) in [6.07, 6.45) is 2.66. The molecule has 2 unspecified atom stereocenters. The number of carbonyl (C=O) groups is 2. The molecule has 0 spiro atoms. The number of ether oxygens (including phenoxy) is 1. The molecule has 1 amide bonds. The Hall–Kier alpha value is -2.08. The molecule has 182 valence electrons. The van der Waals surface area contributed by atoms with E-state index in [1.54, 1.807) is 6.92 Å². The lowest BCUT2D eigenvalue weighted by molar-refractivity contribution is -0.164. The molecule has 2 heterocycles. The third kappa shape index (κ3) is 4.98. The third-order valence-corrected chi connectivity index (χ3v) is 7.79. The zero-order valence-corrected chi connectivity index (χ0v) is 21.1. The molecule has 0 saturated carbocycles. The van der Waals surface area contributed by atoms with E-state index < -0.39 is 11.4 Å². The normalized spacial score (nSPS) is 28.2. The molecular weight excluding hydrogens is 473 g/mol. The van der Waals surface area contributed by atoms with Gasteiger partial charge in [0.25, 0.3) is 0 Å². The van der Waals surface area contributed by atoms with E-state index >= 15 is 0 Å². The molecule has 1 N–H and O–H groups in total. The number of piperidine rings is 1. The molecule has 2 saturated heterocycles. The van der Waals surface area contributed by atoms with Gasteiger partial charge in [-0.15, -0.1) is 0 Å². The summed E-state index contributed by atoms with van der Waals surface area (Å²) in [7, 11) is 0. The zero-order valence-electron chi connectivity index (χ0n) is 19.5. The van der Waals surface area contributed by atoms with Gasteiger partial charge in [-0.1, -0.05) is 61.3 Å². The first-order valence-electron chi connectivity index (χ1n) is 11.9. The molecule has 4 rings (SSSR count). The molecule has 5 atom stereocenters. The lowest BCUT2D eigenvalue weighted by atomic mass is 9.66. The number of carbonyl (C=O) groups excluding carboxylic acids is 1. The molecule has 0 radical (unpaired) electrons. The van der Waals surface area contributed by atoms with Crippen molar-refractivity contribution in [3.63, 3.8) is 0 Å². The summed E-state index contributed by atoms with van der Waals surface area (Å²) in [5.74, 6) is -1.25. The van der Waals surface area contributed by atoms with Gasteiger partial charge in [0.15, 0.2) is 0 Å². The van der Waals surface area contributed by atoms with Gasteiger partial charge < -0.3 is 14.7 Å². The molecule has 2 fully saturated rings. The predicted molar refractivity (Wildman–Crippen MR) is 133 cm³/mol. The maximum absolute atomic E-state index is 14.2. The molecule has 0 aliphatic carbocycles. The lowest BCUT2D eigenvalue weighted by Crippen LogP contribution is -2.58. The van der Waals surface area contributed by atoms with Crippen molar-refractivity contribution in [1.29, 1.82) is 0 Å². The first-order chi connectivity index (χ1) is 16.2. The highest BCUT2D eigenvalue weighted by Gasteiger charge is 2.53. The number of benzene rings is 2. The van der Waals surface area contributed by atoms with Crippen molar-refractivity contribution >= 4 is 35.1 Å². The highest BCUT2D eigenvalue weighted by molar-refractivity contribution is 6.30. The van der Waals surface area contributed by atoms with Crippen LogP contribution in [0.2, 0.25) is 10.0 Å². The van der Waals surface area contributed by atoms with Crippen molar-refractivity contribution in [2.75, 3.05) is 6.61 Å². The van der Waals surface area contributed by atoms with Gasteiger partial charge in [0.2, 0.25) is 5.91 Å². The van der Waals surface area contributed by atoms with Crippen LogP contribution in [0, 0.1) is 5.41 Å². The van der Waals surface area contributed by atoms with E-state index in [-0.39, 0.29) is 36.4 Å². The van der Waals surface area contributed by atoms with E-state index in [0.29, 0.717) is 29.5 Å². The number of halogens is 2. The Kier molecular flexibility index (Phi) is 7.56. The molecule has 7 heteroatoms. The van der Waals surface area contributed by atoms with Crippen LogP contribution in [-0.4, -0.2) is 40.6 Å². The first kappa shape index (κ1) is 25.0. The second-order valence-electron chi connectivity index (χ2n) is 9.73. The van der Waals surface area contributed by atoms with Crippen LogP contribution < -0.4 is 0 Å². The highest BCUT2D eigenvalue weighted by atomic mass is 35.5. The van der Waals surface area contributed by atoms with Crippen LogP contribution in [0.3, 0.4) is 0 Å². The molecule has 2 aliphatic heterocycles. The Morgan fingerprint density at radius 2 is 1.91 bits per heavy atom. The Balaban J connectivity index is 1.90. The Bertz CT molecular complexity index is 1040. The van der Waals surface area contributed by atoms with Gasteiger partial charge in [-0.3, -0.25) is 9.59 Å². The quantitative estimate of drug-likeness (QED) is 0.468. The highest BCUT2D eigenvalue weighted by Crippen LogP contribution is 2.52. The topological polar surface area (TPSA) is 66.8 Å². The van der Waals surface area contributed by atoms with Crippen LogP contribution in [0.1, 0.15) is 69.0 Å². The summed E-state index contributed by atoms with van der Waals surface area (Å²) in [5, 5.41) is 11.0. The maximum atomic E-state index is 14.2. The second-order valence-corrected chi connectivity index (χ2v) is 10.6. The molecular formula is C27H31Cl2NO4. The number of hydrogen-bond donors (Lipinski definition) is 1. The molecule has 0 bridgehead atoms. The number of carboxylic acid groups (broad SMARTS) is 1. The Morgan fingerprint density at radius 1 is 1.18 bits per heavy atom. The molecule has 0 aromatic heterocycles. The fraction of sp³-hybridized carbons (Fsp3) is 0.481. The molecule has 2 aliphatic rings. The molecule has 34 heavy (non-hydrogen) atoms. The minimum atomic E-state index is -1.05. The van der Waals surface area contributed by atoms with Crippen molar-refractivity contribution in [3.05, 3.63) is 69.7 Å². The van der Waals surface area contributed by atoms with E-state index in [1.165, 1.54) is 0 Å². The Labute approximate surface area is 211 Å². The summed E-state index contributed by atoms with van der Waals surface area (Å²) in [6.45, 7) is 4.53. The van der Waals surface area contributed by atoms with Crippen LogP contribution in [0.15, 0.2) is 48.5 Å². The number of amides is 1. The number of hydrogen-bond acceptors (Lipinski definition) is 3. The number of aliphatic carboxylic acids is 1. The largest absolute Gasteiger partial charge is 0.481 e. The van der Waals surface area contributed by atoms with Crippen LogP contribution >= 0.6 is 23.2 Å². The number of rotatable bonds is 7. The zero-order chi connectivity index (χ0) is 24.5. The van der Waals surface area contributed by atoms with Crippen LogP contribution in [-0.2, 0) is 14.3 Å². The fourth-order valence-corrected chi connectivity index (χ4v) is 6.11. The first-order valence-corrected chi connectivity index (χ1v) is 12.7. The summed E-state index contributed by atoms with van der Waals surface area (Å²) < 4.78 is 6.07. The van der Waals surface area contributed by atoms with Crippen LogP contribution in [0.25, 0.3) is 0 Å². The summed E-state index contributed by atoms with van der Waals surface area (Å²) in [5.41, 5.74) is 0.911. The predicted octanol–water partition coefficient (Wildman–Crippen LogP) is 6.49. The smallest absolute Gasteiger partial charge is 0.304 e. The SMILES string of the molecule is CCC(C1CCCO1)N1C(=O)[C@@](C)(CC(=O)O)C[C@H](c2cccc(Cl)c2)[C@H]1c1ccc(Cl)cc1. The minimum absolute atomic E-state index is 0.0732. The standard InChI is InChI=1S/C27H31Cl2NO4/c1-3-22(23-8-5-13-34-23)30-25(17-9-11-19(28)12-10-17)21(18-6-4-7-20(29)14-18)15-27(2,26(30)33)16-24(31)32/h4,6-7,9-12,14,21-23,25H,3,5,8,13,15-16H2,1-2H3,(H,31,32)/t21-,22?,23?,25-,27-/m1/s1. The van der Waals surface area contributed by atoms with Gasteiger partial charge >= 0.3 is 5.97 Å². The summed E-state index contributed by atoms with van der Waals surface area (Å²) >= 11 is 12.6. The second kappa shape index (κ2) is 10.3. The van der Waals surface area contributed by atoms with E-state index in [1.807, 2.05) is 53.4 Å². The van der Waals surface area contributed by atoms with Gasteiger partial charge in [-0.25, -0.2) is 0 Å². The van der Waals surface area contributed by atoms with Crippen molar-refractivity contribution in [2.45, 2.75) is 70.1 Å². The van der Waals surface area contributed by atoms with Crippen LogP contribution in [0.5, 0.6) is 0 Å². The van der Waals surface area contributed by atoms with Gasteiger partial charge in [-0.2, -0.15) is 0 Å². The van der Waals surface area contributed by atoms with Gasteiger partial charge in [-0.05, 0) is 61.1 Å². The summed E-state index contributed by atoms with van der Waals surface area (Å²) in [4.78, 5) is 28.0. The monoisotopic (exact) mass is 503 g/mol. The molecule has 5 nitrogen and oxygen atoms in total. The van der Waals surface area contributed by atoms with E-state index in [2.05, 4.69) is 6.92 Å². The maximum Gasteiger partial charge on any atom is 0.304 e. The summed E-state index contributed by atoms with van der Waals surface area (Å²) in [6, 6.07) is 14.8. The molecule has 2 aromatic carbocycles. The fourth-order valence-electron chi connectivity index (χ4n) is 5.79. The van der Waals surface area contributed by atoms with Gasteiger partial charge in [0.1, 0.15) is 0 Å². The van der Waals surface area contributed by atoms with Crippen molar-refractivity contribution in [3.8, 4) is 0 Å².